The van der Waals surface area contributed by atoms with Crippen molar-refractivity contribution in [1.82, 2.24) is 4.98 Å². The predicted molar refractivity (Wildman–Crippen MR) is 146 cm³/mol. The Morgan fingerprint density at radius 3 is 2.54 bits per heavy atom. The van der Waals surface area contributed by atoms with Gasteiger partial charge in [-0.2, -0.15) is 0 Å². The van der Waals surface area contributed by atoms with Crippen LogP contribution in [0.5, 0.6) is 0 Å². The van der Waals surface area contributed by atoms with E-state index in [9.17, 15) is 4.79 Å². The molecule has 0 bridgehead atoms. The zero-order chi connectivity index (χ0) is 26.6. The normalized spacial score (nSPS) is 20.9. The number of anilines is 2. The molecule has 1 aromatic heterocycles. The van der Waals surface area contributed by atoms with Gasteiger partial charge < -0.3 is 20.5 Å². The van der Waals surface area contributed by atoms with Gasteiger partial charge in [-0.05, 0) is 89.5 Å². The van der Waals surface area contributed by atoms with Gasteiger partial charge in [-0.1, -0.05) is 11.6 Å². The number of nitrogens with one attached hydrogen (secondary N) is 1. The lowest BCUT2D eigenvalue weighted by atomic mass is 9.92. The van der Waals surface area contributed by atoms with Crippen LogP contribution in [0.25, 0.3) is 11.1 Å². The molecule has 0 unspecified atom stereocenters. The second-order valence-electron chi connectivity index (χ2n) is 11.1. The molecule has 1 aliphatic heterocycles. The summed E-state index contributed by atoms with van der Waals surface area (Å²) in [6, 6.07) is 6.94. The van der Waals surface area contributed by atoms with Gasteiger partial charge in [0.1, 0.15) is 17.2 Å². The molecule has 2 aliphatic rings. The Kier molecular flexibility index (Phi) is 8.93. The van der Waals surface area contributed by atoms with Crippen molar-refractivity contribution in [2.75, 3.05) is 30.0 Å². The zero-order valence-corrected chi connectivity index (χ0v) is 22.7. The fraction of sp³-hybridized carbons (Fsp3) is 0.571. The summed E-state index contributed by atoms with van der Waals surface area (Å²) in [4.78, 5) is 19.3. The SMILES string of the molecule is CC(C)(C)OC(=O)N(CC1CCOCC1)c1ccc(F)c(-c2cc(NC3CCC(N)CC3)ncc2Cl)c1. The molecule has 1 amide bonds. The number of hydrogen-bond donors (Lipinski definition) is 2. The van der Waals surface area contributed by atoms with Crippen LogP contribution in [0.3, 0.4) is 0 Å². The molecule has 1 aromatic carbocycles. The van der Waals surface area contributed by atoms with Gasteiger partial charge in [0, 0.05) is 54.9 Å². The van der Waals surface area contributed by atoms with E-state index in [4.69, 9.17) is 26.8 Å². The molecule has 2 fully saturated rings. The molecule has 202 valence electrons. The topological polar surface area (TPSA) is 89.7 Å². The van der Waals surface area contributed by atoms with Gasteiger partial charge in [-0.25, -0.2) is 14.2 Å². The molecule has 4 rings (SSSR count). The second kappa shape index (κ2) is 12.0. The number of carbonyl (C=O) groups is 1. The minimum Gasteiger partial charge on any atom is -0.443 e. The van der Waals surface area contributed by atoms with Crippen LogP contribution in [0, 0.1) is 11.7 Å². The van der Waals surface area contributed by atoms with Crippen LogP contribution in [0.4, 0.5) is 20.7 Å². The Labute approximate surface area is 223 Å². The fourth-order valence-electron chi connectivity index (χ4n) is 4.87. The minimum atomic E-state index is -0.661. The van der Waals surface area contributed by atoms with E-state index in [1.54, 1.807) is 23.1 Å². The molecule has 1 aliphatic carbocycles. The molecular weight excluding hydrogens is 495 g/mol. The summed E-state index contributed by atoms with van der Waals surface area (Å²) < 4.78 is 26.4. The van der Waals surface area contributed by atoms with Crippen LogP contribution in [-0.2, 0) is 9.47 Å². The van der Waals surface area contributed by atoms with Gasteiger partial charge in [-0.3, -0.25) is 4.90 Å². The van der Waals surface area contributed by atoms with Crippen molar-refractivity contribution in [3.05, 3.63) is 41.3 Å². The molecule has 0 spiro atoms. The quantitative estimate of drug-likeness (QED) is 0.448. The molecule has 7 nitrogen and oxygen atoms in total. The number of rotatable bonds is 6. The number of benzene rings is 1. The summed E-state index contributed by atoms with van der Waals surface area (Å²) in [6.45, 7) is 7.29. The van der Waals surface area contributed by atoms with Gasteiger partial charge in [0.15, 0.2) is 0 Å². The van der Waals surface area contributed by atoms with Crippen molar-refractivity contribution in [3.63, 3.8) is 0 Å². The lowest BCUT2D eigenvalue weighted by molar-refractivity contribution is 0.0515. The fourth-order valence-corrected chi connectivity index (χ4v) is 5.08. The largest absolute Gasteiger partial charge is 0.443 e. The molecule has 9 heteroatoms. The number of aromatic nitrogens is 1. The average Bonchev–Trinajstić information content (AvgIpc) is 2.85. The predicted octanol–water partition coefficient (Wildman–Crippen LogP) is 6.39. The van der Waals surface area contributed by atoms with Crippen LogP contribution >= 0.6 is 11.6 Å². The van der Waals surface area contributed by atoms with Crippen molar-refractivity contribution in [2.24, 2.45) is 11.7 Å². The first kappa shape index (κ1) is 27.6. The minimum absolute atomic E-state index is 0.248. The number of nitrogens with zero attached hydrogens (tertiary/aromatic N) is 2. The molecule has 1 saturated heterocycles. The Morgan fingerprint density at radius 1 is 1.16 bits per heavy atom. The second-order valence-corrected chi connectivity index (χ2v) is 11.5. The summed E-state index contributed by atoms with van der Waals surface area (Å²) in [5, 5.41) is 3.78. The summed E-state index contributed by atoms with van der Waals surface area (Å²) in [5.74, 6) is 0.469. The standard InChI is InChI=1S/C28H38ClFN4O3/c1-28(2,3)37-27(35)34(17-18-10-12-36-13-11-18)21-8-9-25(30)23(14-21)22-15-26(32-16-24(22)29)33-20-6-4-19(31)5-7-20/h8-9,14-16,18-20H,4-7,10-13,17,31H2,1-3H3,(H,32,33). The molecule has 1 saturated carbocycles. The highest BCUT2D eigenvalue weighted by Gasteiger charge is 2.28. The summed E-state index contributed by atoms with van der Waals surface area (Å²) in [6.07, 6.45) is 6.62. The molecule has 0 atom stereocenters. The van der Waals surface area contributed by atoms with Crippen LogP contribution in [-0.4, -0.2) is 48.5 Å². The monoisotopic (exact) mass is 532 g/mol. The summed E-state index contributed by atoms with van der Waals surface area (Å²) in [7, 11) is 0. The maximum Gasteiger partial charge on any atom is 0.414 e. The Hall–Kier alpha value is -2.42. The third kappa shape index (κ3) is 7.55. The Bertz CT molecular complexity index is 1080. The smallest absolute Gasteiger partial charge is 0.414 e. The lowest BCUT2D eigenvalue weighted by Crippen LogP contribution is -2.40. The summed E-state index contributed by atoms with van der Waals surface area (Å²) >= 11 is 6.51. The van der Waals surface area contributed by atoms with E-state index in [1.165, 1.54) is 12.3 Å². The van der Waals surface area contributed by atoms with Crippen molar-refractivity contribution >= 4 is 29.2 Å². The number of halogens is 2. The van der Waals surface area contributed by atoms with Crippen LogP contribution < -0.4 is 16.0 Å². The molecular formula is C28H38ClFN4O3. The number of pyridine rings is 1. The highest BCUT2D eigenvalue weighted by atomic mass is 35.5. The molecule has 2 heterocycles. The Morgan fingerprint density at radius 2 is 1.86 bits per heavy atom. The zero-order valence-electron chi connectivity index (χ0n) is 21.9. The number of carbonyl (C=O) groups excluding carboxylic acids is 1. The van der Waals surface area contributed by atoms with Gasteiger partial charge in [0.25, 0.3) is 0 Å². The van der Waals surface area contributed by atoms with Crippen LogP contribution in [0.2, 0.25) is 5.02 Å². The highest BCUT2D eigenvalue weighted by Crippen LogP contribution is 2.35. The molecule has 37 heavy (non-hydrogen) atoms. The van der Waals surface area contributed by atoms with Gasteiger partial charge in [-0.15, -0.1) is 0 Å². The van der Waals surface area contributed by atoms with E-state index < -0.39 is 17.5 Å². The van der Waals surface area contributed by atoms with E-state index in [1.807, 2.05) is 20.8 Å². The van der Waals surface area contributed by atoms with Crippen LogP contribution in [0.15, 0.2) is 30.5 Å². The van der Waals surface area contributed by atoms with Crippen molar-refractivity contribution in [1.29, 1.82) is 0 Å². The number of amides is 1. The lowest BCUT2D eigenvalue weighted by Gasteiger charge is -2.32. The number of nitrogens with two attached hydrogens (primary N) is 1. The van der Waals surface area contributed by atoms with Gasteiger partial charge >= 0.3 is 6.09 Å². The Balaban J connectivity index is 1.63. The van der Waals surface area contributed by atoms with E-state index in [0.717, 1.165) is 38.5 Å². The van der Waals surface area contributed by atoms with E-state index in [0.29, 0.717) is 47.4 Å². The average molecular weight is 533 g/mol. The highest BCUT2D eigenvalue weighted by molar-refractivity contribution is 6.33. The number of ether oxygens (including phenoxy) is 2. The first-order chi connectivity index (χ1) is 17.6. The van der Waals surface area contributed by atoms with Crippen molar-refractivity contribution in [3.8, 4) is 11.1 Å². The van der Waals surface area contributed by atoms with E-state index in [2.05, 4.69) is 10.3 Å². The van der Waals surface area contributed by atoms with E-state index >= 15 is 4.39 Å². The molecule has 2 aromatic rings. The molecule has 3 N–H and O–H groups in total. The number of hydrogen-bond acceptors (Lipinski definition) is 6. The van der Waals surface area contributed by atoms with Crippen LogP contribution in [0.1, 0.15) is 59.3 Å². The summed E-state index contributed by atoms with van der Waals surface area (Å²) in [5.41, 5.74) is 6.75. The first-order valence-corrected chi connectivity index (χ1v) is 13.5. The van der Waals surface area contributed by atoms with E-state index in [-0.39, 0.29) is 18.0 Å². The van der Waals surface area contributed by atoms with Crippen molar-refractivity contribution in [2.45, 2.75) is 77.0 Å². The maximum absolute atomic E-state index is 15.2. The third-order valence-electron chi connectivity index (χ3n) is 6.93. The van der Waals surface area contributed by atoms with Gasteiger partial charge in [0.2, 0.25) is 0 Å². The first-order valence-electron chi connectivity index (χ1n) is 13.1. The molecule has 0 radical (unpaired) electrons. The maximum atomic E-state index is 15.2. The van der Waals surface area contributed by atoms with Crippen molar-refractivity contribution < 1.29 is 18.7 Å². The third-order valence-corrected chi connectivity index (χ3v) is 7.23. The van der Waals surface area contributed by atoms with Gasteiger partial charge in [0.05, 0.1) is 5.02 Å².